The summed E-state index contributed by atoms with van der Waals surface area (Å²) < 4.78 is 10.9. The second-order valence-corrected chi connectivity index (χ2v) is 9.06. The van der Waals surface area contributed by atoms with Crippen molar-refractivity contribution in [2.75, 3.05) is 20.8 Å². The molecule has 2 aromatic rings. The maximum absolute atomic E-state index is 12.8. The van der Waals surface area contributed by atoms with Crippen LogP contribution in [-0.4, -0.2) is 41.7 Å². The lowest BCUT2D eigenvalue weighted by Crippen LogP contribution is -2.47. The maximum atomic E-state index is 12.8. The highest BCUT2D eigenvalue weighted by atomic mass is 127. The van der Waals surface area contributed by atoms with Crippen LogP contribution in [0.2, 0.25) is 0 Å². The molecule has 156 valence electrons. The number of nitrogens with zero attached hydrogens (tertiary/aromatic N) is 1. The molecule has 6 heteroatoms. The van der Waals surface area contributed by atoms with E-state index in [9.17, 15) is 4.79 Å². The zero-order chi connectivity index (χ0) is 21.0. The van der Waals surface area contributed by atoms with Crippen LogP contribution in [0.5, 0.6) is 11.5 Å². The number of hydrogen-bond donors (Lipinski definition) is 1. The van der Waals surface area contributed by atoms with E-state index >= 15 is 0 Å². The van der Waals surface area contributed by atoms with Crippen LogP contribution in [-0.2, 0) is 6.54 Å². The molecule has 2 atom stereocenters. The number of ether oxygens (including phenoxy) is 2. The second kappa shape index (κ2) is 9.80. The van der Waals surface area contributed by atoms with Gasteiger partial charge >= 0.3 is 0 Å². The van der Waals surface area contributed by atoms with Gasteiger partial charge in [0, 0.05) is 30.8 Å². The minimum atomic E-state index is -0.0848. The van der Waals surface area contributed by atoms with E-state index in [0.29, 0.717) is 21.1 Å². The molecule has 2 aromatic carbocycles. The largest absolute Gasteiger partial charge is 0.497 e. The average molecular weight is 508 g/mol. The van der Waals surface area contributed by atoms with E-state index in [1.165, 1.54) is 16.7 Å². The van der Waals surface area contributed by atoms with Gasteiger partial charge in [0.2, 0.25) is 0 Å². The first-order valence-corrected chi connectivity index (χ1v) is 11.1. The number of aryl methyl sites for hydroxylation is 2. The molecule has 1 amide bonds. The fourth-order valence-electron chi connectivity index (χ4n) is 3.62. The van der Waals surface area contributed by atoms with E-state index in [1.54, 1.807) is 32.4 Å². The Hall–Kier alpha value is -1.80. The fraction of sp³-hybridized carbons (Fsp3) is 0.435. The molecule has 1 fully saturated rings. The topological polar surface area (TPSA) is 50.8 Å². The summed E-state index contributed by atoms with van der Waals surface area (Å²) in [6.07, 6.45) is 1.87. The molecule has 0 radical (unpaired) electrons. The zero-order valence-corrected chi connectivity index (χ0v) is 19.7. The van der Waals surface area contributed by atoms with Crippen LogP contribution in [0.25, 0.3) is 0 Å². The molecule has 3 rings (SSSR count). The normalized spacial score (nSPS) is 19.6. The van der Waals surface area contributed by atoms with Gasteiger partial charge in [-0.25, -0.2) is 0 Å². The van der Waals surface area contributed by atoms with Gasteiger partial charge in [0.15, 0.2) is 0 Å². The number of carbonyl (C=O) groups is 1. The molecule has 1 aliphatic heterocycles. The van der Waals surface area contributed by atoms with Gasteiger partial charge < -0.3 is 14.8 Å². The smallest absolute Gasteiger partial charge is 0.251 e. The van der Waals surface area contributed by atoms with Crippen molar-refractivity contribution < 1.29 is 14.3 Å². The number of halogens is 1. The van der Waals surface area contributed by atoms with Crippen LogP contribution in [0.15, 0.2) is 36.4 Å². The number of rotatable bonds is 6. The minimum absolute atomic E-state index is 0.0848. The van der Waals surface area contributed by atoms with Crippen molar-refractivity contribution in [2.45, 2.75) is 43.3 Å². The molecular formula is C23H29IN2O3. The quantitative estimate of drug-likeness (QED) is 0.356. The molecule has 1 heterocycles. The molecule has 29 heavy (non-hydrogen) atoms. The van der Waals surface area contributed by atoms with Crippen molar-refractivity contribution in [1.29, 1.82) is 0 Å². The number of hydrogen-bond acceptors (Lipinski definition) is 4. The maximum Gasteiger partial charge on any atom is 0.251 e. The van der Waals surface area contributed by atoms with Gasteiger partial charge in [0.05, 0.1) is 18.3 Å². The average Bonchev–Trinajstić information content (AvgIpc) is 2.72. The summed E-state index contributed by atoms with van der Waals surface area (Å²) in [5.74, 6) is 1.15. The molecular weight excluding hydrogens is 479 g/mol. The third kappa shape index (κ3) is 5.63. The second-order valence-electron chi connectivity index (χ2n) is 7.62. The van der Waals surface area contributed by atoms with Crippen LogP contribution in [0.3, 0.4) is 0 Å². The first kappa shape index (κ1) is 21.9. The molecule has 0 saturated carbocycles. The van der Waals surface area contributed by atoms with Crippen LogP contribution in [0.1, 0.15) is 39.9 Å². The van der Waals surface area contributed by atoms with Gasteiger partial charge in [0.25, 0.3) is 5.91 Å². The van der Waals surface area contributed by atoms with Crippen LogP contribution < -0.4 is 14.8 Å². The van der Waals surface area contributed by atoms with E-state index < -0.39 is 0 Å². The first-order valence-electron chi connectivity index (χ1n) is 9.87. The van der Waals surface area contributed by atoms with E-state index in [2.05, 4.69) is 64.9 Å². The number of amides is 1. The third-order valence-electron chi connectivity index (χ3n) is 5.55. The Kier molecular flexibility index (Phi) is 7.40. The Balaban J connectivity index is 1.59. The molecule has 0 spiro atoms. The Morgan fingerprint density at radius 3 is 2.38 bits per heavy atom. The highest BCUT2D eigenvalue weighted by Gasteiger charge is 2.28. The highest BCUT2D eigenvalue weighted by molar-refractivity contribution is 14.1. The van der Waals surface area contributed by atoms with Crippen molar-refractivity contribution in [1.82, 2.24) is 10.2 Å². The van der Waals surface area contributed by atoms with Gasteiger partial charge in [0.1, 0.15) is 11.5 Å². The van der Waals surface area contributed by atoms with E-state index in [4.69, 9.17) is 9.47 Å². The lowest BCUT2D eigenvalue weighted by molar-refractivity contribution is 0.0904. The number of alkyl halides is 1. The molecule has 1 saturated heterocycles. The molecule has 5 nitrogen and oxygen atoms in total. The molecule has 2 unspecified atom stereocenters. The molecule has 1 aliphatic rings. The Morgan fingerprint density at radius 2 is 1.79 bits per heavy atom. The standard InChI is InChI=1S/C23H29IN2O3/c1-15-5-6-17(9-16(15)2)14-26-8-7-19(12-22(26)24)25-23(27)18-10-20(28-3)13-21(11-18)29-4/h5-6,9-11,13,19,22H,7-8,12,14H2,1-4H3,(H,25,27). The number of nitrogens with one attached hydrogen (secondary N) is 1. The predicted octanol–water partition coefficient (Wildman–Crippen LogP) is 4.48. The summed E-state index contributed by atoms with van der Waals surface area (Å²) in [5, 5.41) is 3.19. The first-order chi connectivity index (χ1) is 13.9. The number of piperidine rings is 1. The van der Waals surface area contributed by atoms with Crippen molar-refractivity contribution >= 4 is 28.5 Å². The van der Waals surface area contributed by atoms with Crippen LogP contribution >= 0.6 is 22.6 Å². The summed E-state index contributed by atoms with van der Waals surface area (Å²) in [6, 6.07) is 12.1. The number of likely N-dealkylation sites (tertiary alicyclic amines) is 1. The fourth-order valence-corrected chi connectivity index (χ4v) is 4.71. The van der Waals surface area contributed by atoms with E-state index in [0.717, 1.165) is 25.9 Å². The highest BCUT2D eigenvalue weighted by Crippen LogP contribution is 2.26. The predicted molar refractivity (Wildman–Crippen MR) is 124 cm³/mol. The summed E-state index contributed by atoms with van der Waals surface area (Å²) in [5.41, 5.74) is 4.57. The Bertz CT molecular complexity index is 849. The Morgan fingerprint density at radius 1 is 1.10 bits per heavy atom. The molecule has 0 bridgehead atoms. The summed E-state index contributed by atoms with van der Waals surface area (Å²) in [7, 11) is 3.17. The zero-order valence-electron chi connectivity index (χ0n) is 17.5. The van der Waals surface area contributed by atoms with Gasteiger partial charge in [-0.05, 0) is 55.5 Å². The molecule has 0 aliphatic carbocycles. The molecule has 1 N–H and O–H groups in total. The summed E-state index contributed by atoms with van der Waals surface area (Å²) in [6.45, 7) is 6.22. The third-order valence-corrected chi connectivity index (χ3v) is 6.84. The van der Waals surface area contributed by atoms with Gasteiger partial charge in [-0.1, -0.05) is 40.8 Å². The van der Waals surface area contributed by atoms with Crippen molar-refractivity contribution in [3.63, 3.8) is 0 Å². The Labute approximate surface area is 186 Å². The lowest BCUT2D eigenvalue weighted by atomic mass is 10.0. The van der Waals surface area contributed by atoms with Gasteiger partial charge in [-0.3, -0.25) is 9.69 Å². The van der Waals surface area contributed by atoms with Crippen LogP contribution in [0.4, 0.5) is 0 Å². The van der Waals surface area contributed by atoms with Crippen molar-refractivity contribution in [3.05, 3.63) is 58.7 Å². The SMILES string of the molecule is COc1cc(OC)cc(C(=O)NC2CCN(Cc3ccc(C)c(C)c3)C(I)C2)c1. The van der Waals surface area contributed by atoms with Crippen molar-refractivity contribution in [3.8, 4) is 11.5 Å². The molecule has 0 aromatic heterocycles. The number of benzene rings is 2. The number of carbonyl (C=O) groups excluding carboxylic acids is 1. The monoisotopic (exact) mass is 508 g/mol. The summed E-state index contributed by atoms with van der Waals surface area (Å²) in [4.78, 5) is 15.2. The van der Waals surface area contributed by atoms with Crippen molar-refractivity contribution in [2.24, 2.45) is 0 Å². The number of methoxy groups -OCH3 is 2. The lowest BCUT2D eigenvalue weighted by Gasteiger charge is -2.37. The van der Waals surface area contributed by atoms with Gasteiger partial charge in [-0.15, -0.1) is 0 Å². The van der Waals surface area contributed by atoms with E-state index in [-0.39, 0.29) is 11.9 Å². The minimum Gasteiger partial charge on any atom is -0.497 e. The summed E-state index contributed by atoms with van der Waals surface area (Å²) >= 11 is 2.49. The van der Waals surface area contributed by atoms with E-state index in [1.807, 2.05) is 0 Å². The van der Waals surface area contributed by atoms with Gasteiger partial charge in [-0.2, -0.15) is 0 Å². The van der Waals surface area contributed by atoms with Crippen LogP contribution in [0, 0.1) is 13.8 Å².